The van der Waals surface area contributed by atoms with Crippen LogP contribution >= 0.6 is 0 Å². The van der Waals surface area contributed by atoms with E-state index in [4.69, 9.17) is 10.5 Å². The number of methoxy groups -OCH3 is 1. The predicted octanol–water partition coefficient (Wildman–Crippen LogP) is 4.45. The summed E-state index contributed by atoms with van der Waals surface area (Å²) in [4.78, 5) is 41.6. The topological polar surface area (TPSA) is 114 Å². The van der Waals surface area contributed by atoms with Gasteiger partial charge in [0.05, 0.1) is 30.9 Å². The van der Waals surface area contributed by atoms with Crippen molar-refractivity contribution in [2.24, 2.45) is 11.1 Å². The van der Waals surface area contributed by atoms with Gasteiger partial charge in [0, 0.05) is 17.7 Å². The molecule has 0 saturated carbocycles. The molecule has 198 valence electrons. The average molecular weight is 515 g/mol. The molecule has 4 N–H and O–H groups in total. The van der Waals surface area contributed by atoms with Crippen LogP contribution in [0.2, 0.25) is 0 Å². The number of rotatable bonds is 7. The molecule has 0 aliphatic carbocycles. The quantitative estimate of drug-likeness (QED) is 0.431. The molecule has 3 amide bonds. The first-order valence-corrected chi connectivity index (χ1v) is 12.6. The number of nitrogens with zero attached hydrogens (tertiary/aromatic N) is 1. The fourth-order valence-corrected chi connectivity index (χ4v) is 4.30. The van der Waals surface area contributed by atoms with E-state index in [1.165, 1.54) is 0 Å². The Kier molecular flexibility index (Phi) is 7.83. The van der Waals surface area contributed by atoms with Crippen LogP contribution < -0.4 is 26.0 Å². The number of nitrogens with one attached hydrogen (secondary N) is 2. The number of nitrogens with two attached hydrogens (primary N) is 1. The third-order valence-corrected chi connectivity index (χ3v) is 6.78. The van der Waals surface area contributed by atoms with Gasteiger partial charge in [-0.25, -0.2) is 0 Å². The maximum atomic E-state index is 14.0. The van der Waals surface area contributed by atoms with Crippen LogP contribution in [0.25, 0.3) is 0 Å². The van der Waals surface area contributed by atoms with E-state index in [1.807, 2.05) is 45.0 Å². The van der Waals surface area contributed by atoms with Crippen molar-refractivity contribution in [3.63, 3.8) is 0 Å². The number of anilines is 2. The summed E-state index contributed by atoms with van der Waals surface area (Å²) in [6.07, 6.45) is 0.0614. The molecule has 0 bridgehead atoms. The zero-order chi connectivity index (χ0) is 27.4. The smallest absolute Gasteiger partial charge is 0.258 e. The van der Waals surface area contributed by atoms with Crippen molar-refractivity contribution >= 4 is 29.1 Å². The van der Waals surface area contributed by atoms with Gasteiger partial charge in [-0.1, -0.05) is 43.7 Å². The Morgan fingerprint density at radius 3 is 2.34 bits per heavy atom. The number of carbonyl (C=O) groups excluding carboxylic acids is 3. The Morgan fingerprint density at radius 2 is 1.71 bits per heavy atom. The minimum absolute atomic E-state index is 0.0614. The fraction of sp³-hybridized carbons (Fsp3) is 0.300. The monoisotopic (exact) mass is 514 g/mol. The molecule has 1 atom stereocenters. The maximum absolute atomic E-state index is 14.0. The first-order chi connectivity index (χ1) is 18.1. The van der Waals surface area contributed by atoms with Crippen LogP contribution in [0.5, 0.6) is 5.75 Å². The summed E-state index contributed by atoms with van der Waals surface area (Å²) < 4.78 is 5.25. The lowest BCUT2D eigenvalue weighted by molar-refractivity contribution is -0.116. The van der Waals surface area contributed by atoms with Crippen LogP contribution in [0.15, 0.2) is 66.7 Å². The minimum atomic E-state index is -0.545. The molecule has 0 saturated heterocycles. The Morgan fingerprint density at radius 1 is 1.05 bits per heavy atom. The van der Waals surface area contributed by atoms with Gasteiger partial charge in [0.15, 0.2) is 0 Å². The molecule has 3 aromatic rings. The van der Waals surface area contributed by atoms with E-state index >= 15 is 0 Å². The highest BCUT2D eigenvalue weighted by atomic mass is 16.5. The maximum Gasteiger partial charge on any atom is 0.258 e. The van der Waals surface area contributed by atoms with Crippen molar-refractivity contribution in [2.45, 2.75) is 33.2 Å². The summed E-state index contributed by atoms with van der Waals surface area (Å²) in [5, 5.41) is 5.82. The van der Waals surface area contributed by atoms with Gasteiger partial charge in [0.1, 0.15) is 5.75 Å². The molecule has 38 heavy (non-hydrogen) atoms. The van der Waals surface area contributed by atoms with Gasteiger partial charge in [-0.15, -0.1) is 0 Å². The van der Waals surface area contributed by atoms with E-state index in [9.17, 15) is 14.4 Å². The Bertz CT molecular complexity index is 1330. The van der Waals surface area contributed by atoms with Crippen LogP contribution in [-0.2, 0) is 4.79 Å². The summed E-state index contributed by atoms with van der Waals surface area (Å²) in [6.45, 7) is 6.76. The van der Waals surface area contributed by atoms with E-state index in [2.05, 4.69) is 10.6 Å². The summed E-state index contributed by atoms with van der Waals surface area (Å²) >= 11 is 0. The first kappa shape index (κ1) is 26.9. The summed E-state index contributed by atoms with van der Waals surface area (Å²) in [6, 6.07) is 19.1. The molecule has 0 spiro atoms. The van der Waals surface area contributed by atoms with Gasteiger partial charge < -0.3 is 21.1 Å². The Hall–Kier alpha value is -4.17. The second-order valence-electron chi connectivity index (χ2n) is 10.4. The second kappa shape index (κ2) is 11.1. The lowest BCUT2D eigenvalue weighted by atomic mass is 9.94. The van der Waals surface area contributed by atoms with E-state index in [0.29, 0.717) is 41.3 Å². The van der Waals surface area contributed by atoms with Crippen molar-refractivity contribution in [2.75, 3.05) is 30.4 Å². The van der Waals surface area contributed by atoms with Crippen LogP contribution in [0, 0.1) is 12.3 Å². The Labute approximate surface area is 223 Å². The van der Waals surface area contributed by atoms with Gasteiger partial charge in [0.2, 0.25) is 5.91 Å². The Balaban J connectivity index is 1.77. The highest BCUT2D eigenvalue weighted by Gasteiger charge is 2.34. The molecule has 4 rings (SSSR count). The number of hydrogen-bond acceptors (Lipinski definition) is 5. The number of aryl methyl sites for hydroxylation is 1. The molecule has 0 radical (unpaired) electrons. The fourth-order valence-electron chi connectivity index (χ4n) is 4.30. The number of carbonyl (C=O) groups is 3. The molecule has 1 unspecified atom stereocenters. The van der Waals surface area contributed by atoms with Crippen molar-refractivity contribution in [1.29, 1.82) is 0 Å². The van der Waals surface area contributed by atoms with Gasteiger partial charge >= 0.3 is 0 Å². The van der Waals surface area contributed by atoms with Crippen LogP contribution in [0.3, 0.4) is 0 Å². The molecule has 1 aliphatic rings. The summed E-state index contributed by atoms with van der Waals surface area (Å²) in [5.74, 6) is -0.157. The van der Waals surface area contributed by atoms with Gasteiger partial charge in [-0.05, 0) is 66.9 Å². The highest BCUT2D eigenvalue weighted by Crippen LogP contribution is 2.40. The zero-order valence-corrected chi connectivity index (χ0v) is 22.2. The predicted molar refractivity (Wildman–Crippen MR) is 149 cm³/mol. The zero-order valence-electron chi connectivity index (χ0n) is 22.2. The number of hydrogen-bond donors (Lipinski definition) is 3. The number of fused-ring (bicyclic) bond motifs is 1. The molecule has 0 aromatic heterocycles. The van der Waals surface area contributed by atoms with E-state index in [0.717, 1.165) is 11.1 Å². The van der Waals surface area contributed by atoms with Crippen LogP contribution in [0.4, 0.5) is 11.4 Å². The average Bonchev–Trinajstić information content (AvgIpc) is 3.07. The largest absolute Gasteiger partial charge is 0.497 e. The van der Waals surface area contributed by atoms with Gasteiger partial charge in [-0.2, -0.15) is 0 Å². The molecular weight excluding hydrogens is 480 g/mol. The van der Waals surface area contributed by atoms with E-state index in [-0.39, 0.29) is 29.6 Å². The molecule has 1 aliphatic heterocycles. The van der Waals surface area contributed by atoms with Crippen molar-refractivity contribution in [3.8, 4) is 5.75 Å². The van der Waals surface area contributed by atoms with Gasteiger partial charge in [-0.3, -0.25) is 19.3 Å². The third kappa shape index (κ3) is 5.86. The molecule has 0 fully saturated rings. The SMILES string of the molecule is COc1ccc(C(=O)N2c3ccc(C(=O)NCC(C)(C)CN)cc3NC(=O)CC2c2ccc(C)cc2)cc1. The third-order valence-electron chi connectivity index (χ3n) is 6.78. The second-order valence-corrected chi connectivity index (χ2v) is 10.4. The van der Waals surface area contributed by atoms with E-state index < -0.39 is 6.04 Å². The van der Waals surface area contributed by atoms with Gasteiger partial charge in [0.25, 0.3) is 11.8 Å². The lowest BCUT2D eigenvalue weighted by Crippen LogP contribution is -2.38. The highest BCUT2D eigenvalue weighted by molar-refractivity contribution is 6.12. The van der Waals surface area contributed by atoms with E-state index in [1.54, 1.807) is 54.5 Å². The van der Waals surface area contributed by atoms with Crippen molar-refractivity contribution < 1.29 is 19.1 Å². The number of benzene rings is 3. The lowest BCUT2D eigenvalue weighted by Gasteiger charge is -2.31. The number of amides is 3. The van der Waals surface area contributed by atoms with Crippen LogP contribution in [0.1, 0.15) is 58.2 Å². The first-order valence-electron chi connectivity index (χ1n) is 12.6. The summed E-state index contributed by atoms with van der Waals surface area (Å²) in [7, 11) is 1.57. The molecule has 8 nitrogen and oxygen atoms in total. The molecule has 1 heterocycles. The minimum Gasteiger partial charge on any atom is -0.497 e. The number of ether oxygens (including phenoxy) is 1. The molecular formula is C30H34N4O4. The van der Waals surface area contributed by atoms with Crippen molar-refractivity contribution in [3.05, 3.63) is 89.0 Å². The normalized spacial score (nSPS) is 15.2. The molecule has 8 heteroatoms. The summed E-state index contributed by atoms with van der Waals surface area (Å²) in [5.41, 5.74) is 9.20. The standard InChI is InChI=1S/C30H34N4O4/c1-19-5-7-20(8-6-19)26-16-27(35)33-24-15-22(28(36)32-18-30(2,3)17-31)11-14-25(24)34(26)29(37)21-9-12-23(38-4)13-10-21/h5-15,26H,16-18,31H2,1-4H3,(H,32,36)(H,33,35). The van der Waals surface area contributed by atoms with Crippen molar-refractivity contribution in [1.82, 2.24) is 5.32 Å². The molecule has 3 aromatic carbocycles. The van der Waals surface area contributed by atoms with Crippen LogP contribution in [-0.4, -0.2) is 37.9 Å².